The van der Waals surface area contributed by atoms with Crippen molar-refractivity contribution >= 4 is 34.6 Å². The van der Waals surface area contributed by atoms with E-state index in [1.165, 1.54) is 12.1 Å². The van der Waals surface area contributed by atoms with Gasteiger partial charge in [0.15, 0.2) is 5.11 Å². The van der Waals surface area contributed by atoms with E-state index in [1.807, 2.05) is 36.4 Å². The highest BCUT2D eigenvalue weighted by Crippen LogP contribution is 2.16. The molecule has 1 N–H and O–H groups in total. The number of nitrogens with zero attached hydrogens (tertiary/aromatic N) is 2. The summed E-state index contributed by atoms with van der Waals surface area (Å²) in [6.45, 7) is 4.42. The van der Waals surface area contributed by atoms with Gasteiger partial charge in [-0.25, -0.2) is 4.39 Å². The minimum absolute atomic E-state index is 0.194. The van der Waals surface area contributed by atoms with Crippen molar-refractivity contribution in [2.24, 2.45) is 0 Å². The summed E-state index contributed by atoms with van der Waals surface area (Å²) < 4.78 is 13.0. The van der Waals surface area contributed by atoms with Gasteiger partial charge in [-0.1, -0.05) is 29.8 Å². The topological polar surface area (TPSA) is 18.5 Å². The molecule has 0 bridgehead atoms. The average molecular weight is 364 g/mol. The highest BCUT2D eigenvalue weighted by molar-refractivity contribution is 7.80. The summed E-state index contributed by atoms with van der Waals surface area (Å²) in [5, 5.41) is 4.64. The lowest BCUT2D eigenvalue weighted by Gasteiger charge is -2.36. The molecule has 1 fully saturated rings. The number of nitrogens with one attached hydrogen (secondary N) is 1. The van der Waals surface area contributed by atoms with E-state index >= 15 is 0 Å². The van der Waals surface area contributed by atoms with Gasteiger partial charge < -0.3 is 10.2 Å². The Morgan fingerprint density at radius 1 is 1.08 bits per heavy atom. The normalized spacial score (nSPS) is 15.3. The summed E-state index contributed by atoms with van der Waals surface area (Å²) in [7, 11) is 0. The van der Waals surface area contributed by atoms with Gasteiger partial charge in [0, 0.05) is 43.4 Å². The Hall–Kier alpha value is -1.69. The Bertz CT molecular complexity index is 700. The molecule has 2 aromatic rings. The van der Waals surface area contributed by atoms with Crippen molar-refractivity contribution in [1.29, 1.82) is 0 Å². The lowest BCUT2D eigenvalue weighted by molar-refractivity contribution is 0.177. The van der Waals surface area contributed by atoms with Crippen LogP contribution < -0.4 is 5.32 Å². The first-order valence-electron chi connectivity index (χ1n) is 7.88. The standard InChI is InChI=1S/C18H19ClFN3S/c19-15-2-1-3-17(12-15)21-18(24)23-10-8-22(9-11-23)13-14-4-6-16(20)7-5-14/h1-7,12H,8-11,13H2,(H,21,24). The lowest BCUT2D eigenvalue weighted by Crippen LogP contribution is -2.49. The van der Waals surface area contributed by atoms with Crippen LogP contribution in [-0.2, 0) is 6.54 Å². The third-order valence-corrected chi connectivity index (χ3v) is 4.65. The molecule has 1 saturated heterocycles. The van der Waals surface area contributed by atoms with E-state index in [0.29, 0.717) is 5.02 Å². The number of halogens is 2. The minimum atomic E-state index is -0.194. The van der Waals surface area contributed by atoms with E-state index in [0.717, 1.165) is 49.1 Å². The van der Waals surface area contributed by atoms with Gasteiger partial charge in [0.1, 0.15) is 5.82 Å². The van der Waals surface area contributed by atoms with E-state index in [1.54, 1.807) is 0 Å². The van der Waals surface area contributed by atoms with Crippen molar-refractivity contribution in [3.63, 3.8) is 0 Å². The molecule has 1 aliphatic rings. The molecule has 3 rings (SSSR count). The van der Waals surface area contributed by atoms with Gasteiger partial charge in [-0.2, -0.15) is 0 Å². The number of anilines is 1. The van der Waals surface area contributed by atoms with Crippen molar-refractivity contribution in [3.8, 4) is 0 Å². The fraction of sp³-hybridized carbons (Fsp3) is 0.278. The molecule has 0 aromatic heterocycles. The second kappa shape index (κ2) is 7.92. The monoisotopic (exact) mass is 363 g/mol. The van der Waals surface area contributed by atoms with Crippen LogP contribution in [0.15, 0.2) is 48.5 Å². The van der Waals surface area contributed by atoms with Crippen LogP contribution in [0.5, 0.6) is 0 Å². The maximum Gasteiger partial charge on any atom is 0.173 e. The van der Waals surface area contributed by atoms with Crippen molar-refractivity contribution in [3.05, 3.63) is 64.9 Å². The van der Waals surface area contributed by atoms with Gasteiger partial charge in [0.05, 0.1) is 0 Å². The third kappa shape index (κ3) is 4.66. The number of piperazine rings is 1. The molecule has 6 heteroatoms. The molecule has 0 atom stereocenters. The molecule has 0 radical (unpaired) electrons. The third-order valence-electron chi connectivity index (χ3n) is 4.05. The molecule has 0 amide bonds. The summed E-state index contributed by atoms with van der Waals surface area (Å²) >= 11 is 11.5. The van der Waals surface area contributed by atoms with Crippen LogP contribution in [0.1, 0.15) is 5.56 Å². The second-order valence-electron chi connectivity index (χ2n) is 5.83. The Morgan fingerprint density at radius 3 is 2.46 bits per heavy atom. The predicted octanol–water partition coefficient (Wildman–Crippen LogP) is 3.99. The molecule has 0 spiro atoms. The Labute approximate surface area is 152 Å². The van der Waals surface area contributed by atoms with Gasteiger partial charge in [-0.05, 0) is 48.1 Å². The molecule has 0 aliphatic carbocycles. The van der Waals surface area contributed by atoms with Crippen LogP contribution in [0.4, 0.5) is 10.1 Å². The summed E-state index contributed by atoms with van der Waals surface area (Å²) in [6.07, 6.45) is 0. The van der Waals surface area contributed by atoms with Gasteiger partial charge in [-0.3, -0.25) is 4.90 Å². The van der Waals surface area contributed by atoms with Crippen LogP contribution in [0.3, 0.4) is 0 Å². The minimum Gasteiger partial charge on any atom is -0.346 e. The Morgan fingerprint density at radius 2 is 1.79 bits per heavy atom. The summed E-state index contributed by atoms with van der Waals surface area (Å²) in [5.41, 5.74) is 2.03. The summed E-state index contributed by atoms with van der Waals surface area (Å²) in [4.78, 5) is 4.52. The largest absolute Gasteiger partial charge is 0.346 e. The zero-order valence-corrected chi connectivity index (χ0v) is 14.8. The smallest absolute Gasteiger partial charge is 0.173 e. The van der Waals surface area contributed by atoms with Crippen molar-refractivity contribution in [2.45, 2.75) is 6.54 Å². The summed E-state index contributed by atoms with van der Waals surface area (Å²) in [5.74, 6) is -0.194. The first-order chi connectivity index (χ1) is 11.6. The van der Waals surface area contributed by atoms with E-state index in [9.17, 15) is 4.39 Å². The zero-order chi connectivity index (χ0) is 16.9. The zero-order valence-electron chi connectivity index (χ0n) is 13.2. The van der Waals surface area contributed by atoms with Gasteiger partial charge in [0.2, 0.25) is 0 Å². The second-order valence-corrected chi connectivity index (χ2v) is 6.65. The number of hydrogen-bond acceptors (Lipinski definition) is 2. The fourth-order valence-corrected chi connectivity index (χ4v) is 3.22. The molecular formula is C18H19ClFN3S. The molecule has 3 nitrogen and oxygen atoms in total. The average Bonchev–Trinajstić information content (AvgIpc) is 2.57. The van der Waals surface area contributed by atoms with Crippen LogP contribution in [0.25, 0.3) is 0 Å². The van der Waals surface area contributed by atoms with E-state index < -0.39 is 0 Å². The van der Waals surface area contributed by atoms with Crippen LogP contribution in [0, 0.1) is 5.82 Å². The highest BCUT2D eigenvalue weighted by Gasteiger charge is 2.19. The molecule has 2 aromatic carbocycles. The molecule has 0 saturated carbocycles. The van der Waals surface area contributed by atoms with E-state index in [2.05, 4.69) is 15.1 Å². The Kier molecular flexibility index (Phi) is 5.66. The molecular weight excluding hydrogens is 345 g/mol. The van der Waals surface area contributed by atoms with Crippen LogP contribution in [0.2, 0.25) is 5.02 Å². The highest BCUT2D eigenvalue weighted by atomic mass is 35.5. The quantitative estimate of drug-likeness (QED) is 0.830. The number of rotatable bonds is 3. The van der Waals surface area contributed by atoms with Crippen LogP contribution >= 0.6 is 23.8 Å². The number of benzene rings is 2. The van der Waals surface area contributed by atoms with Gasteiger partial charge in [-0.15, -0.1) is 0 Å². The number of hydrogen-bond donors (Lipinski definition) is 1. The van der Waals surface area contributed by atoms with Crippen molar-refractivity contribution in [2.75, 3.05) is 31.5 Å². The Balaban J connectivity index is 1.49. The van der Waals surface area contributed by atoms with E-state index in [-0.39, 0.29) is 5.82 Å². The van der Waals surface area contributed by atoms with Gasteiger partial charge >= 0.3 is 0 Å². The van der Waals surface area contributed by atoms with Crippen molar-refractivity contribution in [1.82, 2.24) is 9.80 Å². The maximum absolute atomic E-state index is 13.0. The first-order valence-corrected chi connectivity index (χ1v) is 8.67. The lowest BCUT2D eigenvalue weighted by atomic mass is 10.2. The molecule has 0 unspecified atom stereocenters. The first kappa shape index (κ1) is 17.1. The summed E-state index contributed by atoms with van der Waals surface area (Å²) in [6, 6.07) is 14.2. The van der Waals surface area contributed by atoms with Crippen molar-refractivity contribution < 1.29 is 4.39 Å². The molecule has 1 aliphatic heterocycles. The SMILES string of the molecule is Fc1ccc(CN2CCN(C(=S)Nc3cccc(Cl)c3)CC2)cc1. The fourth-order valence-electron chi connectivity index (χ4n) is 2.73. The van der Waals surface area contributed by atoms with Crippen LogP contribution in [-0.4, -0.2) is 41.1 Å². The molecule has 24 heavy (non-hydrogen) atoms. The maximum atomic E-state index is 13.0. The molecule has 126 valence electrons. The molecule has 1 heterocycles. The van der Waals surface area contributed by atoms with E-state index in [4.69, 9.17) is 23.8 Å². The van der Waals surface area contributed by atoms with Gasteiger partial charge in [0.25, 0.3) is 0 Å². The predicted molar refractivity (Wildman–Crippen MR) is 101 cm³/mol. The number of thiocarbonyl (C=S) groups is 1.